The van der Waals surface area contributed by atoms with E-state index in [4.69, 9.17) is 25.8 Å². The Bertz CT molecular complexity index is 563. The second-order valence-electron chi connectivity index (χ2n) is 5.43. The SMILES string of the molecule is C[C@@H]1CN(C(=O)c2cc(Cl)c3c(c2)OCCO3)[C@@H](C)CO1. The van der Waals surface area contributed by atoms with Crippen LogP contribution in [0.4, 0.5) is 0 Å². The van der Waals surface area contributed by atoms with Crippen molar-refractivity contribution in [2.45, 2.75) is 26.0 Å². The number of hydrogen-bond acceptors (Lipinski definition) is 4. The normalized spacial score (nSPS) is 24.8. The lowest BCUT2D eigenvalue weighted by Crippen LogP contribution is -2.50. The average Bonchev–Trinajstić information content (AvgIpc) is 2.49. The predicted octanol–water partition coefficient (Wildman–Crippen LogP) is 2.36. The summed E-state index contributed by atoms with van der Waals surface area (Å²) in [6, 6.07) is 3.39. The maximum absolute atomic E-state index is 12.7. The first kappa shape index (κ1) is 14.5. The van der Waals surface area contributed by atoms with Gasteiger partial charge < -0.3 is 19.1 Å². The maximum atomic E-state index is 12.7. The van der Waals surface area contributed by atoms with E-state index in [9.17, 15) is 4.79 Å². The van der Waals surface area contributed by atoms with Crippen LogP contribution in [0.1, 0.15) is 24.2 Å². The standard InChI is InChI=1S/C15H18ClNO4/c1-9-8-21-10(2)7-17(9)15(18)11-5-12(16)14-13(6-11)19-3-4-20-14/h5-6,9-10H,3-4,7-8H2,1-2H3/t9-,10+/m0/s1. The molecule has 2 heterocycles. The van der Waals surface area contributed by atoms with Crippen LogP contribution in [0, 0.1) is 0 Å². The Hall–Kier alpha value is -1.46. The highest BCUT2D eigenvalue weighted by atomic mass is 35.5. The molecule has 2 aliphatic rings. The molecule has 0 radical (unpaired) electrons. The van der Waals surface area contributed by atoms with Crippen LogP contribution >= 0.6 is 11.6 Å². The molecule has 1 aromatic carbocycles. The molecule has 2 aliphatic heterocycles. The molecule has 3 rings (SSSR count). The minimum Gasteiger partial charge on any atom is -0.486 e. The van der Waals surface area contributed by atoms with Gasteiger partial charge in [0.05, 0.1) is 23.8 Å². The molecule has 0 spiro atoms. The van der Waals surface area contributed by atoms with Gasteiger partial charge in [-0.2, -0.15) is 0 Å². The number of morpholine rings is 1. The van der Waals surface area contributed by atoms with Gasteiger partial charge in [0, 0.05) is 12.1 Å². The Morgan fingerprint density at radius 3 is 2.86 bits per heavy atom. The average molecular weight is 312 g/mol. The Labute approximate surface area is 128 Å². The van der Waals surface area contributed by atoms with E-state index in [0.717, 1.165) is 0 Å². The van der Waals surface area contributed by atoms with Crippen LogP contribution in [0.2, 0.25) is 5.02 Å². The summed E-state index contributed by atoms with van der Waals surface area (Å²) in [6.07, 6.45) is 0.0397. The first-order valence-corrected chi connectivity index (χ1v) is 7.45. The first-order chi connectivity index (χ1) is 10.1. The predicted molar refractivity (Wildman–Crippen MR) is 78.4 cm³/mol. The molecule has 1 aromatic rings. The molecule has 1 saturated heterocycles. The molecule has 0 saturated carbocycles. The fraction of sp³-hybridized carbons (Fsp3) is 0.533. The van der Waals surface area contributed by atoms with Gasteiger partial charge in [0.15, 0.2) is 11.5 Å². The number of nitrogens with zero attached hydrogens (tertiary/aromatic N) is 1. The van der Waals surface area contributed by atoms with Gasteiger partial charge in [-0.05, 0) is 26.0 Å². The van der Waals surface area contributed by atoms with Crippen molar-refractivity contribution in [1.82, 2.24) is 4.90 Å². The molecule has 6 heteroatoms. The van der Waals surface area contributed by atoms with Crippen LogP contribution in [0.3, 0.4) is 0 Å². The number of amides is 1. The fourth-order valence-electron chi connectivity index (χ4n) is 2.59. The van der Waals surface area contributed by atoms with Gasteiger partial charge in [0.25, 0.3) is 5.91 Å². The maximum Gasteiger partial charge on any atom is 0.254 e. The molecule has 1 amide bonds. The van der Waals surface area contributed by atoms with Crippen LogP contribution < -0.4 is 9.47 Å². The number of carbonyl (C=O) groups is 1. The van der Waals surface area contributed by atoms with E-state index in [1.165, 1.54) is 0 Å². The van der Waals surface area contributed by atoms with E-state index in [1.807, 2.05) is 18.7 Å². The molecular weight excluding hydrogens is 294 g/mol. The smallest absolute Gasteiger partial charge is 0.254 e. The monoisotopic (exact) mass is 311 g/mol. The van der Waals surface area contributed by atoms with Crippen LogP contribution in [-0.2, 0) is 4.74 Å². The van der Waals surface area contributed by atoms with Gasteiger partial charge >= 0.3 is 0 Å². The van der Waals surface area contributed by atoms with E-state index >= 15 is 0 Å². The third-order valence-electron chi connectivity index (χ3n) is 3.71. The topological polar surface area (TPSA) is 48.0 Å². The largest absolute Gasteiger partial charge is 0.486 e. The van der Waals surface area contributed by atoms with Gasteiger partial charge in [-0.25, -0.2) is 0 Å². The Morgan fingerprint density at radius 1 is 1.29 bits per heavy atom. The van der Waals surface area contributed by atoms with E-state index in [1.54, 1.807) is 12.1 Å². The summed E-state index contributed by atoms with van der Waals surface area (Å²) in [5.41, 5.74) is 0.519. The van der Waals surface area contributed by atoms with E-state index in [-0.39, 0.29) is 18.1 Å². The van der Waals surface area contributed by atoms with Crippen LogP contribution in [0.15, 0.2) is 12.1 Å². The van der Waals surface area contributed by atoms with Crippen molar-refractivity contribution in [2.24, 2.45) is 0 Å². The molecule has 5 nitrogen and oxygen atoms in total. The summed E-state index contributed by atoms with van der Waals surface area (Å²) in [5.74, 6) is 0.991. The highest BCUT2D eigenvalue weighted by molar-refractivity contribution is 6.32. The second kappa shape index (κ2) is 5.73. The lowest BCUT2D eigenvalue weighted by molar-refractivity contribution is -0.0387. The summed E-state index contributed by atoms with van der Waals surface area (Å²) in [6.45, 7) is 5.99. The number of benzene rings is 1. The third-order valence-corrected chi connectivity index (χ3v) is 3.99. The van der Waals surface area contributed by atoms with Gasteiger partial charge in [-0.15, -0.1) is 0 Å². The van der Waals surface area contributed by atoms with Crippen molar-refractivity contribution in [1.29, 1.82) is 0 Å². The molecule has 0 bridgehead atoms. The fourth-order valence-corrected chi connectivity index (χ4v) is 2.85. The second-order valence-corrected chi connectivity index (χ2v) is 5.84. The third kappa shape index (κ3) is 2.80. The van der Waals surface area contributed by atoms with Gasteiger partial charge in [-0.1, -0.05) is 11.6 Å². The highest BCUT2D eigenvalue weighted by Crippen LogP contribution is 2.38. The minimum absolute atomic E-state index is 0.0397. The number of hydrogen-bond donors (Lipinski definition) is 0. The lowest BCUT2D eigenvalue weighted by Gasteiger charge is -2.37. The molecule has 0 unspecified atom stereocenters. The molecule has 1 fully saturated rings. The molecule has 0 aromatic heterocycles. The summed E-state index contributed by atoms with van der Waals surface area (Å²) >= 11 is 6.19. The number of rotatable bonds is 1. The molecular formula is C15H18ClNO4. The van der Waals surface area contributed by atoms with Crippen molar-refractivity contribution in [2.75, 3.05) is 26.4 Å². The van der Waals surface area contributed by atoms with Crippen molar-refractivity contribution in [3.8, 4) is 11.5 Å². The number of carbonyl (C=O) groups excluding carboxylic acids is 1. The number of halogens is 1. The van der Waals surface area contributed by atoms with Gasteiger partial charge in [0.2, 0.25) is 0 Å². The van der Waals surface area contributed by atoms with Crippen molar-refractivity contribution >= 4 is 17.5 Å². The van der Waals surface area contributed by atoms with E-state index < -0.39 is 0 Å². The van der Waals surface area contributed by atoms with Crippen LogP contribution in [0.25, 0.3) is 0 Å². The molecule has 0 aliphatic carbocycles. The zero-order valence-corrected chi connectivity index (χ0v) is 12.9. The Balaban J connectivity index is 1.89. The molecule has 114 valence electrons. The molecule has 2 atom stereocenters. The van der Waals surface area contributed by atoms with Gasteiger partial charge in [0.1, 0.15) is 13.2 Å². The van der Waals surface area contributed by atoms with E-state index in [2.05, 4.69) is 0 Å². The summed E-state index contributed by atoms with van der Waals surface area (Å²) in [7, 11) is 0. The zero-order chi connectivity index (χ0) is 15.0. The Morgan fingerprint density at radius 2 is 2.05 bits per heavy atom. The van der Waals surface area contributed by atoms with Crippen molar-refractivity contribution in [3.05, 3.63) is 22.7 Å². The summed E-state index contributed by atoms with van der Waals surface area (Å²) in [5, 5.41) is 0.407. The Kier molecular flexibility index (Phi) is 3.95. The molecule has 0 N–H and O–H groups in total. The number of fused-ring (bicyclic) bond motifs is 1. The van der Waals surface area contributed by atoms with Crippen LogP contribution in [0.5, 0.6) is 11.5 Å². The van der Waals surface area contributed by atoms with Crippen molar-refractivity contribution < 1.29 is 19.0 Å². The quantitative estimate of drug-likeness (QED) is 0.799. The first-order valence-electron chi connectivity index (χ1n) is 7.08. The molecule has 21 heavy (non-hydrogen) atoms. The van der Waals surface area contributed by atoms with E-state index in [0.29, 0.717) is 48.5 Å². The highest BCUT2D eigenvalue weighted by Gasteiger charge is 2.29. The lowest BCUT2D eigenvalue weighted by atomic mass is 10.1. The summed E-state index contributed by atoms with van der Waals surface area (Å²) < 4.78 is 16.6. The number of ether oxygens (including phenoxy) is 3. The summed E-state index contributed by atoms with van der Waals surface area (Å²) in [4.78, 5) is 14.5. The van der Waals surface area contributed by atoms with Crippen LogP contribution in [-0.4, -0.2) is 49.3 Å². The van der Waals surface area contributed by atoms with Gasteiger partial charge in [-0.3, -0.25) is 4.79 Å². The minimum atomic E-state index is -0.0588. The van der Waals surface area contributed by atoms with Crippen molar-refractivity contribution in [3.63, 3.8) is 0 Å². The zero-order valence-electron chi connectivity index (χ0n) is 12.1.